The smallest absolute Gasteiger partial charge is 0.258 e. The first-order valence-electron chi connectivity index (χ1n) is 5.65. The molecule has 2 rings (SSSR count). The first kappa shape index (κ1) is 14.0. The molecule has 1 aromatic carbocycles. The van der Waals surface area contributed by atoms with Crippen LogP contribution in [-0.4, -0.2) is 9.91 Å². The number of nitro groups is 1. The van der Waals surface area contributed by atoms with Crippen LogP contribution < -0.4 is 0 Å². The Labute approximate surface area is 120 Å². The van der Waals surface area contributed by atoms with Crippen LogP contribution >= 0.6 is 23.2 Å². The minimum absolute atomic E-state index is 0.0542. The van der Waals surface area contributed by atoms with E-state index in [1.807, 2.05) is 26.8 Å². The van der Waals surface area contributed by atoms with Crippen molar-refractivity contribution in [2.45, 2.75) is 26.2 Å². The lowest BCUT2D eigenvalue weighted by molar-refractivity contribution is -0.384. The summed E-state index contributed by atoms with van der Waals surface area (Å²) in [7, 11) is 0. The highest BCUT2D eigenvalue weighted by Crippen LogP contribution is 2.34. The number of hydrogen-bond donors (Lipinski definition) is 0. The van der Waals surface area contributed by atoms with Crippen molar-refractivity contribution in [2.24, 2.45) is 0 Å². The van der Waals surface area contributed by atoms with Crippen molar-refractivity contribution < 1.29 is 4.92 Å². The fraction of sp³-hybridized carbons (Fsp3) is 0.308. The van der Waals surface area contributed by atoms with Crippen molar-refractivity contribution in [1.29, 1.82) is 0 Å². The van der Waals surface area contributed by atoms with Crippen molar-refractivity contribution >= 4 is 39.8 Å². The van der Waals surface area contributed by atoms with Crippen molar-refractivity contribution in [3.8, 4) is 0 Å². The molecule has 0 amide bonds. The quantitative estimate of drug-likeness (QED) is 0.434. The Morgan fingerprint density at radius 3 is 2.37 bits per heavy atom. The predicted octanol–water partition coefficient (Wildman–Crippen LogP) is 4.75. The van der Waals surface area contributed by atoms with Crippen molar-refractivity contribution in [3.63, 3.8) is 0 Å². The summed E-state index contributed by atoms with van der Waals surface area (Å²) in [5.74, 6) is 0. The number of pyridine rings is 1. The minimum atomic E-state index is -0.476. The number of fused-ring (bicyclic) bond motifs is 1. The molecule has 1 heterocycles. The highest BCUT2D eigenvalue weighted by molar-refractivity contribution is 6.36. The summed E-state index contributed by atoms with van der Waals surface area (Å²) < 4.78 is 0. The lowest BCUT2D eigenvalue weighted by atomic mass is 9.87. The summed E-state index contributed by atoms with van der Waals surface area (Å²) in [6.45, 7) is 6.00. The predicted molar refractivity (Wildman–Crippen MR) is 77.1 cm³/mol. The molecule has 0 radical (unpaired) electrons. The Hall–Kier alpha value is -1.39. The van der Waals surface area contributed by atoms with Gasteiger partial charge in [0, 0.05) is 17.5 Å². The van der Waals surface area contributed by atoms with E-state index in [1.54, 1.807) is 0 Å². The fourth-order valence-corrected chi connectivity index (χ4v) is 2.52. The van der Waals surface area contributed by atoms with Crippen LogP contribution in [0.1, 0.15) is 26.3 Å². The maximum absolute atomic E-state index is 10.8. The summed E-state index contributed by atoms with van der Waals surface area (Å²) in [4.78, 5) is 14.6. The van der Waals surface area contributed by atoms with Gasteiger partial charge < -0.3 is 0 Å². The molecule has 100 valence electrons. The van der Waals surface area contributed by atoms with Crippen molar-refractivity contribution in [3.05, 3.63) is 44.1 Å². The molecule has 0 fully saturated rings. The number of benzene rings is 1. The molecule has 0 N–H and O–H groups in total. The third kappa shape index (κ3) is 2.65. The normalized spacial score (nSPS) is 11.8. The van der Waals surface area contributed by atoms with Gasteiger partial charge >= 0.3 is 0 Å². The van der Waals surface area contributed by atoms with Crippen LogP contribution in [-0.2, 0) is 5.41 Å². The van der Waals surface area contributed by atoms with Gasteiger partial charge in [0.25, 0.3) is 5.69 Å². The van der Waals surface area contributed by atoms with Gasteiger partial charge in [-0.05, 0) is 17.0 Å². The Kier molecular flexibility index (Phi) is 3.41. The zero-order chi connectivity index (χ0) is 14.4. The molecule has 0 spiro atoms. The standard InChI is InChI=1S/C13H12Cl2N2O2/c1-13(2,3)9-5-7-4-8(17(18)19)6-10(14)11(7)16-12(9)15/h4-6H,1-3H3. The second-order valence-electron chi connectivity index (χ2n) is 5.33. The van der Waals surface area contributed by atoms with Gasteiger partial charge in [-0.25, -0.2) is 4.98 Å². The summed E-state index contributed by atoms with van der Waals surface area (Å²) in [5.41, 5.74) is 1.06. The molecule has 0 aliphatic rings. The van der Waals surface area contributed by atoms with Crippen LogP contribution in [0.25, 0.3) is 10.9 Å². The molecule has 0 atom stereocenters. The molecule has 0 unspecified atom stereocenters. The molecule has 0 saturated carbocycles. The van der Waals surface area contributed by atoms with Gasteiger partial charge in [-0.1, -0.05) is 44.0 Å². The van der Waals surface area contributed by atoms with Gasteiger partial charge in [-0.2, -0.15) is 0 Å². The highest BCUT2D eigenvalue weighted by Gasteiger charge is 2.21. The average molecular weight is 299 g/mol. The highest BCUT2D eigenvalue weighted by atomic mass is 35.5. The molecule has 0 aliphatic heterocycles. The van der Waals surface area contributed by atoms with Gasteiger partial charge in [-0.3, -0.25) is 10.1 Å². The lowest BCUT2D eigenvalue weighted by Crippen LogP contribution is -2.12. The summed E-state index contributed by atoms with van der Waals surface area (Å²) in [5, 5.41) is 12.1. The number of nitro benzene ring substituents is 1. The fourth-order valence-electron chi connectivity index (χ4n) is 1.84. The second kappa shape index (κ2) is 4.62. The maximum atomic E-state index is 10.8. The van der Waals surface area contributed by atoms with E-state index in [0.29, 0.717) is 16.1 Å². The van der Waals surface area contributed by atoms with Crippen LogP contribution in [0.5, 0.6) is 0 Å². The first-order valence-corrected chi connectivity index (χ1v) is 6.40. The Morgan fingerprint density at radius 1 is 1.21 bits per heavy atom. The maximum Gasteiger partial charge on any atom is 0.271 e. The molecule has 1 aromatic heterocycles. The summed E-state index contributed by atoms with van der Waals surface area (Å²) in [6.07, 6.45) is 0. The number of non-ortho nitro benzene ring substituents is 1. The zero-order valence-electron chi connectivity index (χ0n) is 10.7. The Balaban J connectivity index is 2.80. The average Bonchev–Trinajstić information content (AvgIpc) is 2.27. The second-order valence-corrected chi connectivity index (χ2v) is 6.10. The van der Waals surface area contributed by atoms with E-state index in [9.17, 15) is 10.1 Å². The third-order valence-corrected chi connectivity index (χ3v) is 3.40. The summed E-state index contributed by atoms with van der Waals surface area (Å²) >= 11 is 12.2. The first-order chi connectivity index (χ1) is 8.70. The Morgan fingerprint density at radius 2 is 1.84 bits per heavy atom. The van der Waals surface area contributed by atoms with E-state index in [2.05, 4.69) is 4.98 Å². The van der Waals surface area contributed by atoms with Gasteiger partial charge in [0.05, 0.1) is 15.5 Å². The lowest BCUT2D eigenvalue weighted by Gasteiger charge is -2.20. The van der Waals surface area contributed by atoms with Crippen LogP contribution in [0, 0.1) is 10.1 Å². The van der Waals surface area contributed by atoms with Gasteiger partial charge in [0.2, 0.25) is 0 Å². The molecule has 0 saturated heterocycles. The largest absolute Gasteiger partial charge is 0.271 e. The van der Waals surface area contributed by atoms with Crippen molar-refractivity contribution in [1.82, 2.24) is 4.98 Å². The number of aromatic nitrogens is 1. The van der Waals surface area contributed by atoms with Crippen LogP contribution in [0.4, 0.5) is 5.69 Å². The molecular formula is C13H12Cl2N2O2. The molecule has 19 heavy (non-hydrogen) atoms. The van der Waals surface area contributed by atoms with E-state index < -0.39 is 4.92 Å². The molecule has 2 aromatic rings. The number of nitrogens with zero attached hydrogens (tertiary/aromatic N) is 2. The van der Waals surface area contributed by atoms with Gasteiger partial charge in [0.1, 0.15) is 5.15 Å². The van der Waals surface area contributed by atoms with E-state index in [-0.39, 0.29) is 16.1 Å². The van der Waals surface area contributed by atoms with E-state index in [4.69, 9.17) is 23.2 Å². The zero-order valence-corrected chi connectivity index (χ0v) is 12.2. The van der Waals surface area contributed by atoms with Gasteiger partial charge in [0.15, 0.2) is 0 Å². The molecule has 6 heteroatoms. The number of rotatable bonds is 1. The van der Waals surface area contributed by atoms with Crippen LogP contribution in [0.2, 0.25) is 10.2 Å². The third-order valence-electron chi connectivity index (χ3n) is 2.83. The van der Waals surface area contributed by atoms with E-state index in [0.717, 1.165) is 5.56 Å². The van der Waals surface area contributed by atoms with Crippen LogP contribution in [0.3, 0.4) is 0 Å². The van der Waals surface area contributed by atoms with E-state index in [1.165, 1.54) is 12.1 Å². The van der Waals surface area contributed by atoms with E-state index >= 15 is 0 Å². The number of halogens is 2. The van der Waals surface area contributed by atoms with Gasteiger partial charge in [-0.15, -0.1) is 0 Å². The Bertz CT molecular complexity index is 678. The molecule has 0 bridgehead atoms. The monoisotopic (exact) mass is 298 g/mol. The minimum Gasteiger partial charge on any atom is -0.258 e. The molecule has 0 aliphatic carbocycles. The topological polar surface area (TPSA) is 56.0 Å². The van der Waals surface area contributed by atoms with Crippen molar-refractivity contribution in [2.75, 3.05) is 0 Å². The van der Waals surface area contributed by atoms with Crippen LogP contribution in [0.15, 0.2) is 18.2 Å². The SMILES string of the molecule is CC(C)(C)c1cc2cc([N+](=O)[O-])cc(Cl)c2nc1Cl. The molecule has 4 nitrogen and oxygen atoms in total. The summed E-state index contributed by atoms with van der Waals surface area (Å²) in [6, 6.07) is 4.55. The number of hydrogen-bond acceptors (Lipinski definition) is 3. The molecular weight excluding hydrogens is 287 g/mol.